The molecule has 2 aliphatic heterocycles. The second-order valence-corrected chi connectivity index (χ2v) is 3.68. The molecule has 2 fully saturated rings. The van der Waals surface area contributed by atoms with E-state index < -0.39 is 6.17 Å². The Hall–Kier alpha value is -0.190. The van der Waals surface area contributed by atoms with Crippen LogP contribution in [0.15, 0.2) is 0 Å². The number of rotatable bonds is 2. The second-order valence-electron chi connectivity index (χ2n) is 3.68. The van der Waals surface area contributed by atoms with E-state index in [9.17, 15) is 4.39 Å². The SMILES string of the molecule is OCC1CC(F)CN1C1CNC1. The molecule has 0 amide bonds. The van der Waals surface area contributed by atoms with E-state index in [-0.39, 0.29) is 12.6 Å². The van der Waals surface area contributed by atoms with Crippen LogP contribution in [0.25, 0.3) is 0 Å². The number of halogens is 1. The van der Waals surface area contributed by atoms with Gasteiger partial charge in [0.1, 0.15) is 6.17 Å². The fraction of sp³-hybridized carbons (Fsp3) is 1.00. The Balaban J connectivity index is 1.93. The van der Waals surface area contributed by atoms with Crippen molar-refractivity contribution in [2.75, 3.05) is 26.2 Å². The maximum absolute atomic E-state index is 13.0. The van der Waals surface area contributed by atoms with Crippen LogP contribution in [-0.2, 0) is 0 Å². The molecule has 0 aliphatic carbocycles. The summed E-state index contributed by atoms with van der Waals surface area (Å²) in [7, 11) is 0. The second kappa shape index (κ2) is 3.28. The largest absolute Gasteiger partial charge is 0.395 e. The Labute approximate surface area is 71.6 Å². The molecule has 0 aromatic rings. The van der Waals surface area contributed by atoms with Gasteiger partial charge in [-0.05, 0) is 6.42 Å². The highest BCUT2D eigenvalue weighted by molar-refractivity contribution is 4.94. The summed E-state index contributed by atoms with van der Waals surface area (Å²) in [6.45, 7) is 2.50. The first kappa shape index (κ1) is 8.41. The molecule has 2 unspecified atom stereocenters. The number of likely N-dealkylation sites (tertiary alicyclic amines) is 1. The van der Waals surface area contributed by atoms with Crippen molar-refractivity contribution in [2.24, 2.45) is 0 Å². The minimum atomic E-state index is -0.734. The highest BCUT2D eigenvalue weighted by atomic mass is 19.1. The van der Waals surface area contributed by atoms with Gasteiger partial charge in [0.25, 0.3) is 0 Å². The molecular formula is C8H15FN2O. The molecule has 2 N–H and O–H groups in total. The average Bonchev–Trinajstić information content (AvgIpc) is 2.27. The number of nitrogens with zero attached hydrogens (tertiary/aromatic N) is 1. The summed E-state index contributed by atoms with van der Waals surface area (Å²) in [6, 6.07) is 0.523. The van der Waals surface area contributed by atoms with E-state index in [0.717, 1.165) is 13.1 Å². The summed E-state index contributed by atoms with van der Waals surface area (Å²) < 4.78 is 13.0. The van der Waals surface area contributed by atoms with Gasteiger partial charge in [-0.3, -0.25) is 4.90 Å². The molecule has 0 spiro atoms. The van der Waals surface area contributed by atoms with Gasteiger partial charge in [-0.2, -0.15) is 0 Å². The lowest BCUT2D eigenvalue weighted by molar-refractivity contribution is 0.0894. The quantitative estimate of drug-likeness (QED) is 0.584. The molecule has 3 nitrogen and oxygen atoms in total. The number of aliphatic hydroxyl groups is 1. The Morgan fingerprint density at radius 3 is 2.75 bits per heavy atom. The lowest BCUT2D eigenvalue weighted by Crippen LogP contribution is -2.59. The molecule has 70 valence electrons. The van der Waals surface area contributed by atoms with E-state index in [2.05, 4.69) is 10.2 Å². The van der Waals surface area contributed by atoms with Gasteiger partial charge in [-0.15, -0.1) is 0 Å². The fourth-order valence-corrected chi connectivity index (χ4v) is 2.02. The van der Waals surface area contributed by atoms with E-state index in [0.29, 0.717) is 19.0 Å². The number of aliphatic hydroxyl groups excluding tert-OH is 1. The predicted octanol–water partition coefficient (Wildman–Crippen LogP) is -0.637. The Kier molecular flexibility index (Phi) is 2.30. The van der Waals surface area contributed by atoms with Gasteiger partial charge < -0.3 is 10.4 Å². The first-order valence-electron chi connectivity index (χ1n) is 4.52. The van der Waals surface area contributed by atoms with Crippen LogP contribution in [0.5, 0.6) is 0 Å². The lowest BCUT2D eigenvalue weighted by atomic mass is 10.1. The van der Waals surface area contributed by atoms with Gasteiger partial charge in [0.15, 0.2) is 0 Å². The average molecular weight is 174 g/mol. The van der Waals surface area contributed by atoms with Crippen LogP contribution >= 0.6 is 0 Å². The summed E-state index contributed by atoms with van der Waals surface area (Å²) in [4.78, 5) is 2.10. The third kappa shape index (κ3) is 1.34. The summed E-state index contributed by atoms with van der Waals surface area (Å²) in [6.07, 6.45) is -0.227. The van der Waals surface area contributed by atoms with Crippen LogP contribution in [0.1, 0.15) is 6.42 Å². The highest BCUT2D eigenvalue weighted by Crippen LogP contribution is 2.23. The number of hydrogen-bond donors (Lipinski definition) is 2. The fourth-order valence-electron chi connectivity index (χ4n) is 2.02. The molecular weight excluding hydrogens is 159 g/mol. The first-order valence-corrected chi connectivity index (χ1v) is 4.52. The van der Waals surface area contributed by atoms with Crippen molar-refractivity contribution in [1.82, 2.24) is 10.2 Å². The molecule has 0 radical (unpaired) electrons. The van der Waals surface area contributed by atoms with Crippen LogP contribution in [0, 0.1) is 0 Å². The summed E-state index contributed by atoms with van der Waals surface area (Å²) in [5.41, 5.74) is 0. The maximum atomic E-state index is 13.0. The molecule has 2 rings (SSSR count). The topological polar surface area (TPSA) is 35.5 Å². The molecule has 2 heterocycles. The van der Waals surface area contributed by atoms with E-state index in [1.165, 1.54) is 0 Å². The Bertz CT molecular complexity index is 163. The molecule has 0 aromatic heterocycles. The minimum Gasteiger partial charge on any atom is -0.395 e. The van der Waals surface area contributed by atoms with E-state index >= 15 is 0 Å². The maximum Gasteiger partial charge on any atom is 0.114 e. The van der Waals surface area contributed by atoms with Crippen molar-refractivity contribution in [3.8, 4) is 0 Å². The Morgan fingerprint density at radius 2 is 2.25 bits per heavy atom. The smallest absolute Gasteiger partial charge is 0.114 e. The summed E-state index contributed by atoms with van der Waals surface area (Å²) in [5, 5.41) is 12.1. The molecule has 0 saturated carbocycles. The molecule has 2 aliphatic rings. The number of nitrogens with one attached hydrogen (secondary N) is 1. The number of hydrogen-bond acceptors (Lipinski definition) is 3. The zero-order chi connectivity index (χ0) is 8.55. The first-order chi connectivity index (χ1) is 5.81. The third-order valence-electron chi connectivity index (χ3n) is 2.85. The van der Waals surface area contributed by atoms with Gasteiger partial charge in [-0.1, -0.05) is 0 Å². The van der Waals surface area contributed by atoms with Gasteiger partial charge in [-0.25, -0.2) is 4.39 Å². The predicted molar refractivity (Wildman–Crippen MR) is 43.8 cm³/mol. The van der Waals surface area contributed by atoms with E-state index in [4.69, 9.17) is 5.11 Å². The van der Waals surface area contributed by atoms with Crippen LogP contribution in [-0.4, -0.2) is 54.5 Å². The van der Waals surface area contributed by atoms with Crippen LogP contribution < -0.4 is 5.32 Å². The van der Waals surface area contributed by atoms with Crippen LogP contribution in [0.2, 0.25) is 0 Å². The molecule has 4 heteroatoms. The van der Waals surface area contributed by atoms with Crippen molar-refractivity contribution in [3.05, 3.63) is 0 Å². The van der Waals surface area contributed by atoms with E-state index in [1.54, 1.807) is 0 Å². The Morgan fingerprint density at radius 1 is 1.50 bits per heavy atom. The van der Waals surface area contributed by atoms with Crippen molar-refractivity contribution in [2.45, 2.75) is 24.7 Å². The third-order valence-corrected chi connectivity index (χ3v) is 2.85. The van der Waals surface area contributed by atoms with Gasteiger partial charge >= 0.3 is 0 Å². The molecule has 2 saturated heterocycles. The zero-order valence-electron chi connectivity index (χ0n) is 7.04. The van der Waals surface area contributed by atoms with Crippen LogP contribution in [0.3, 0.4) is 0 Å². The molecule has 2 atom stereocenters. The molecule has 0 aromatic carbocycles. The van der Waals surface area contributed by atoms with Crippen LogP contribution in [0.4, 0.5) is 4.39 Å². The lowest BCUT2D eigenvalue weighted by Gasteiger charge is -2.38. The zero-order valence-corrected chi connectivity index (χ0v) is 7.04. The summed E-state index contributed by atoms with van der Waals surface area (Å²) in [5.74, 6) is 0. The van der Waals surface area contributed by atoms with Gasteiger partial charge in [0.2, 0.25) is 0 Å². The standard InChI is InChI=1S/C8H15FN2O/c9-6-1-7(5-12)11(4-6)8-2-10-3-8/h6-8,10,12H,1-5H2. The van der Waals surface area contributed by atoms with E-state index in [1.807, 2.05) is 0 Å². The van der Waals surface area contributed by atoms with Gasteiger partial charge in [0, 0.05) is 31.7 Å². The molecule has 0 bridgehead atoms. The van der Waals surface area contributed by atoms with Gasteiger partial charge in [0.05, 0.1) is 6.61 Å². The normalized spacial score (nSPS) is 38.5. The van der Waals surface area contributed by atoms with Crippen molar-refractivity contribution in [1.29, 1.82) is 0 Å². The molecule has 12 heavy (non-hydrogen) atoms. The summed E-state index contributed by atoms with van der Waals surface area (Å²) >= 11 is 0. The number of alkyl halides is 1. The van der Waals surface area contributed by atoms with Crippen molar-refractivity contribution < 1.29 is 9.50 Å². The highest BCUT2D eigenvalue weighted by Gasteiger charge is 2.37. The monoisotopic (exact) mass is 174 g/mol. The minimum absolute atomic E-state index is 0.0621. The van der Waals surface area contributed by atoms with Crippen molar-refractivity contribution in [3.63, 3.8) is 0 Å². The van der Waals surface area contributed by atoms with Crippen molar-refractivity contribution >= 4 is 0 Å².